The van der Waals surface area contributed by atoms with Gasteiger partial charge in [0.05, 0.1) is 12.3 Å². The third kappa shape index (κ3) is 3.60. The van der Waals surface area contributed by atoms with Gasteiger partial charge in [0.1, 0.15) is 11.4 Å². The van der Waals surface area contributed by atoms with Gasteiger partial charge in [0.25, 0.3) is 0 Å². The van der Waals surface area contributed by atoms with Gasteiger partial charge >= 0.3 is 10.8 Å². The van der Waals surface area contributed by atoms with Crippen molar-refractivity contribution in [3.8, 4) is 0 Å². The van der Waals surface area contributed by atoms with E-state index >= 15 is 0 Å². The summed E-state index contributed by atoms with van der Waals surface area (Å²) in [6.07, 6.45) is 0. The fraction of sp³-hybridized carbons (Fsp3) is 0.385. The highest BCUT2D eigenvalue weighted by atomic mass is 32.1. The molecule has 9 heteroatoms. The number of hydrogen-bond acceptors (Lipinski definition) is 7. The Kier molecular flexibility index (Phi) is 5.09. The molecule has 0 aliphatic carbocycles. The van der Waals surface area contributed by atoms with Crippen molar-refractivity contribution < 1.29 is 14.3 Å². The molecule has 0 atom stereocenters. The van der Waals surface area contributed by atoms with Crippen molar-refractivity contribution in [2.24, 2.45) is 0 Å². The fourth-order valence-electron chi connectivity index (χ4n) is 1.73. The number of aryl methyl sites for hydroxylation is 2. The molecule has 0 aliphatic heterocycles. The topological polar surface area (TPSA) is 90.3 Å². The lowest BCUT2D eigenvalue weighted by atomic mass is 10.4. The maximum atomic E-state index is 12.0. The second kappa shape index (κ2) is 6.84. The van der Waals surface area contributed by atoms with Gasteiger partial charge in [-0.2, -0.15) is 0 Å². The summed E-state index contributed by atoms with van der Waals surface area (Å²) in [6, 6.07) is 0. The van der Waals surface area contributed by atoms with Crippen LogP contribution in [0.15, 0.2) is 10.2 Å². The molecule has 1 amide bonds. The molecule has 0 unspecified atom stereocenters. The molecule has 7 nitrogen and oxygen atoms in total. The molecule has 0 radical (unpaired) electrons. The van der Waals surface area contributed by atoms with E-state index in [-0.39, 0.29) is 23.9 Å². The number of carbonyl (C=O) groups excluding carboxylic acids is 2. The Labute approximate surface area is 134 Å². The van der Waals surface area contributed by atoms with Crippen molar-refractivity contribution in [3.05, 3.63) is 31.3 Å². The van der Waals surface area contributed by atoms with E-state index in [0.29, 0.717) is 15.7 Å². The number of rotatable bonds is 5. The Morgan fingerprint density at radius 2 is 2.14 bits per heavy atom. The van der Waals surface area contributed by atoms with E-state index in [1.807, 2.05) is 0 Å². The summed E-state index contributed by atoms with van der Waals surface area (Å²) in [5, 5.41) is 4.61. The third-order valence-electron chi connectivity index (χ3n) is 2.78. The van der Waals surface area contributed by atoms with E-state index < -0.39 is 5.97 Å². The van der Waals surface area contributed by atoms with Crippen molar-refractivity contribution in [2.75, 3.05) is 11.9 Å². The van der Waals surface area contributed by atoms with Crippen LogP contribution in [-0.4, -0.2) is 28.0 Å². The summed E-state index contributed by atoms with van der Waals surface area (Å²) in [5.41, 5.74) is 1.23. The molecule has 2 aromatic heterocycles. The summed E-state index contributed by atoms with van der Waals surface area (Å²) in [4.78, 5) is 39.6. The lowest BCUT2D eigenvalue weighted by Crippen LogP contribution is -2.25. The zero-order valence-electron chi connectivity index (χ0n) is 12.3. The standard InChI is InChI=1S/C13H15N3O4S2/c1-4-20-11(18)10-8(3)14-12(22-10)15-9(17)5-16-7(2)6-21-13(16)19/h6H,4-5H2,1-3H3,(H,14,15,17). The summed E-state index contributed by atoms with van der Waals surface area (Å²) in [5.74, 6) is -0.823. The van der Waals surface area contributed by atoms with Gasteiger partial charge in [-0.05, 0) is 20.8 Å². The highest BCUT2D eigenvalue weighted by Crippen LogP contribution is 2.23. The first-order valence-electron chi connectivity index (χ1n) is 6.51. The van der Waals surface area contributed by atoms with Gasteiger partial charge < -0.3 is 10.1 Å². The summed E-state index contributed by atoms with van der Waals surface area (Å²) >= 11 is 2.10. The smallest absolute Gasteiger partial charge is 0.350 e. The van der Waals surface area contributed by atoms with Crippen molar-refractivity contribution >= 4 is 39.7 Å². The van der Waals surface area contributed by atoms with Crippen LogP contribution in [0.5, 0.6) is 0 Å². The molecule has 2 rings (SSSR count). The zero-order chi connectivity index (χ0) is 16.3. The van der Waals surface area contributed by atoms with Gasteiger partial charge in [0.15, 0.2) is 5.13 Å². The molecule has 0 aliphatic rings. The molecule has 0 spiro atoms. The molecular formula is C13H15N3O4S2. The number of amides is 1. The van der Waals surface area contributed by atoms with E-state index in [2.05, 4.69) is 10.3 Å². The molecule has 0 aromatic carbocycles. The molecule has 2 heterocycles. The molecule has 118 valence electrons. The van der Waals surface area contributed by atoms with E-state index in [1.165, 1.54) is 4.57 Å². The van der Waals surface area contributed by atoms with Crippen LogP contribution in [0.3, 0.4) is 0 Å². The minimum atomic E-state index is -0.456. The minimum absolute atomic E-state index is 0.0818. The second-order valence-electron chi connectivity index (χ2n) is 4.43. The number of aromatic nitrogens is 2. The Morgan fingerprint density at radius 1 is 1.41 bits per heavy atom. The SMILES string of the molecule is CCOC(=O)c1sc(NC(=O)Cn2c(C)csc2=O)nc1C. The van der Waals surface area contributed by atoms with E-state index in [0.717, 1.165) is 28.4 Å². The zero-order valence-corrected chi connectivity index (χ0v) is 14.0. The Hall–Kier alpha value is -2.00. The van der Waals surface area contributed by atoms with E-state index in [9.17, 15) is 14.4 Å². The van der Waals surface area contributed by atoms with Crippen molar-refractivity contribution in [3.63, 3.8) is 0 Å². The average Bonchev–Trinajstić information content (AvgIpc) is 2.96. The summed E-state index contributed by atoms with van der Waals surface area (Å²) in [7, 11) is 0. The van der Waals surface area contributed by atoms with Crippen LogP contribution < -0.4 is 10.2 Å². The number of hydrogen-bond donors (Lipinski definition) is 1. The number of nitrogens with one attached hydrogen (secondary N) is 1. The third-order valence-corrected chi connectivity index (χ3v) is 4.72. The van der Waals surface area contributed by atoms with Crippen LogP contribution in [0.1, 0.15) is 28.0 Å². The van der Waals surface area contributed by atoms with Crippen LogP contribution in [0.25, 0.3) is 0 Å². The molecule has 0 saturated heterocycles. The predicted octanol–water partition coefficient (Wildman–Crippen LogP) is 1.80. The fourth-order valence-corrected chi connectivity index (χ4v) is 3.35. The van der Waals surface area contributed by atoms with Crippen LogP contribution in [0.2, 0.25) is 0 Å². The van der Waals surface area contributed by atoms with Gasteiger partial charge in [0.2, 0.25) is 5.91 Å². The minimum Gasteiger partial charge on any atom is -0.462 e. The highest BCUT2D eigenvalue weighted by molar-refractivity contribution is 7.17. The Morgan fingerprint density at radius 3 is 2.73 bits per heavy atom. The number of anilines is 1. The number of thiazole rings is 2. The first-order chi connectivity index (χ1) is 10.4. The van der Waals surface area contributed by atoms with Crippen LogP contribution >= 0.6 is 22.7 Å². The van der Waals surface area contributed by atoms with Crippen molar-refractivity contribution in [1.29, 1.82) is 0 Å². The van der Waals surface area contributed by atoms with Crippen molar-refractivity contribution in [1.82, 2.24) is 9.55 Å². The van der Waals surface area contributed by atoms with Crippen LogP contribution in [-0.2, 0) is 16.1 Å². The summed E-state index contributed by atoms with van der Waals surface area (Å²) < 4.78 is 6.30. The molecule has 1 N–H and O–H groups in total. The van der Waals surface area contributed by atoms with E-state index in [1.54, 1.807) is 26.2 Å². The number of carbonyl (C=O) groups is 2. The molecule has 0 fully saturated rings. The van der Waals surface area contributed by atoms with E-state index in [4.69, 9.17) is 4.74 Å². The first-order valence-corrected chi connectivity index (χ1v) is 8.21. The average molecular weight is 341 g/mol. The summed E-state index contributed by atoms with van der Waals surface area (Å²) in [6.45, 7) is 5.35. The van der Waals surface area contributed by atoms with Gasteiger partial charge in [0, 0.05) is 11.1 Å². The van der Waals surface area contributed by atoms with Gasteiger partial charge in [-0.3, -0.25) is 14.2 Å². The molecular weight excluding hydrogens is 326 g/mol. The number of esters is 1. The quantitative estimate of drug-likeness (QED) is 0.838. The van der Waals surface area contributed by atoms with Gasteiger partial charge in [-0.15, -0.1) is 0 Å². The van der Waals surface area contributed by atoms with Crippen LogP contribution in [0.4, 0.5) is 5.13 Å². The maximum Gasteiger partial charge on any atom is 0.350 e. The molecule has 0 bridgehead atoms. The predicted molar refractivity (Wildman–Crippen MR) is 84.8 cm³/mol. The first kappa shape index (κ1) is 16.4. The van der Waals surface area contributed by atoms with Gasteiger partial charge in [-0.25, -0.2) is 9.78 Å². The number of ether oxygens (including phenoxy) is 1. The Balaban J connectivity index is 2.08. The second-order valence-corrected chi connectivity index (χ2v) is 6.25. The van der Waals surface area contributed by atoms with Crippen molar-refractivity contribution in [2.45, 2.75) is 27.3 Å². The Bertz CT molecular complexity index is 760. The maximum absolute atomic E-state index is 12.0. The molecule has 2 aromatic rings. The highest BCUT2D eigenvalue weighted by Gasteiger charge is 2.18. The molecule has 0 saturated carbocycles. The number of nitrogens with zero attached hydrogens (tertiary/aromatic N) is 2. The normalized spacial score (nSPS) is 10.5. The monoisotopic (exact) mass is 341 g/mol. The molecule has 22 heavy (non-hydrogen) atoms. The van der Waals surface area contributed by atoms with Crippen LogP contribution in [0, 0.1) is 13.8 Å². The van der Waals surface area contributed by atoms with Gasteiger partial charge in [-0.1, -0.05) is 22.7 Å². The lowest BCUT2D eigenvalue weighted by molar-refractivity contribution is -0.116. The lowest BCUT2D eigenvalue weighted by Gasteiger charge is -2.03. The largest absolute Gasteiger partial charge is 0.462 e.